The van der Waals surface area contributed by atoms with Gasteiger partial charge in [-0.2, -0.15) is 0 Å². The van der Waals surface area contributed by atoms with Crippen molar-refractivity contribution in [2.45, 2.75) is 39.3 Å². The van der Waals surface area contributed by atoms with E-state index in [9.17, 15) is 4.79 Å². The van der Waals surface area contributed by atoms with Crippen LogP contribution in [0.3, 0.4) is 0 Å². The number of hydrogen-bond donors (Lipinski definition) is 1. The van der Waals surface area contributed by atoms with Crippen molar-refractivity contribution in [3.05, 3.63) is 65.5 Å². The average Bonchev–Trinajstić information content (AvgIpc) is 3.19. The number of anilines is 1. The lowest BCUT2D eigenvalue weighted by molar-refractivity contribution is 0.0601. The molecule has 2 heterocycles. The first-order chi connectivity index (χ1) is 15.6. The van der Waals surface area contributed by atoms with E-state index in [1.807, 2.05) is 24.3 Å². The van der Waals surface area contributed by atoms with Crippen LogP contribution in [-0.4, -0.2) is 34.2 Å². The zero-order chi connectivity index (χ0) is 22.5. The number of hydrogen-bond acceptors (Lipinski definition) is 6. The van der Waals surface area contributed by atoms with E-state index < -0.39 is 5.97 Å². The Morgan fingerprint density at radius 1 is 1.12 bits per heavy atom. The predicted octanol–water partition coefficient (Wildman–Crippen LogP) is 4.51. The molecule has 0 saturated heterocycles. The molecule has 0 radical (unpaired) electrons. The Bertz CT molecular complexity index is 1230. The third-order valence-electron chi connectivity index (χ3n) is 5.53. The second-order valence-electron chi connectivity index (χ2n) is 7.74. The molecule has 166 valence electrons. The monoisotopic (exact) mass is 432 g/mol. The minimum Gasteiger partial charge on any atom is -0.465 e. The number of benzene rings is 2. The van der Waals surface area contributed by atoms with Crippen LogP contribution in [0.4, 0.5) is 5.82 Å². The Morgan fingerprint density at radius 2 is 1.94 bits per heavy atom. The number of rotatable bonds is 9. The van der Waals surface area contributed by atoms with Gasteiger partial charge in [-0.15, -0.1) is 0 Å². The summed E-state index contributed by atoms with van der Waals surface area (Å²) < 4.78 is 13.0. The van der Waals surface area contributed by atoms with Crippen LogP contribution in [0, 0.1) is 0 Å². The number of imidazole rings is 1. The summed E-state index contributed by atoms with van der Waals surface area (Å²) in [5.41, 5.74) is 10.1. The van der Waals surface area contributed by atoms with Gasteiger partial charge in [-0.3, -0.25) is 0 Å². The number of esters is 1. The van der Waals surface area contributed by atoms with Gasteiger partial charge in [0.25, 0.3) is 0 Å². The smallest absolute Gasteiger partial charge is 0.337 e. The van der Waals surface area contributed by atoms with Crippen molar-refractivity contribution in [3.8, 4) is 0 Å². The number of pyridine rings is 1. The van der Waals surface area contributed by atoms with E-state index in [1.54, 1.807) is 12.1 Å². The van der Waals surface area contributed by atoms with E-state index in [-0.39, 0.29) is 0 Å². The molecule has 0 aliphatic rings. The molecular formula is C25H28N4O3. The van der Waals surface area contributed by atoms with Gasteiger partial charge in [-0.25, -0.2) is 14.8 Å². The van der Waals surface area contributed by atoms with Crippen molar-refractivity contribution >= 4 is 33.7 Å². The summed E-state index contributed by atoms with van der Waals surface area (Å²) in [5.74, 6) is 0.929. The summed E-state index contributed by atoms with van der Waals surface area (Å²) in [6.07, 6.45) is 2.96. The quantitative estimate of drug-likeness (QED) is 0.309. The summed E-state index contributed by atoms with van der Waals surface area (Å²) in [4.78, 5) is 21.3. The molecule has 0 atom stereocenters. The zero-order valence-corrected chi connectivity index (χ0v) is 18.5. The van der Waals surface area contributed by atoms with Crippen LogP contribution in [0.25, 0.3) is 21.9 Å². The van der Waals surface area contributed by atoms with E-state index in [4.69, 9.17) is 20.2 Å². The minimum absolute atomic E-state index is 0.358. The molecule has 0 spiro atoms. The molecule has 2 aromatic carbocycles. The highest BCUT2D eigenvalue weighted by atomic mass is 16.5. The second kappa shape index (κ2) is 9.78. The van der Waals surface area contributed by atoms with Gasteiger partial charge in [-0.1, -0.05) is 43.7 Å². The van der Waals surface area contributed by atoms with Crippen molar-refractivity contribution in [2.75, 3.05) is 19.5 Å². The molecule has 7 heteroatoms. The summed E-state index contributed by atoms with van der Waals surface area (Å²) >= 11 is 0. The molecule has 2 N–H and O–H groups in total. The molecule has 0 aliphatic heterocycles. The van der Waals surface area contributed by atoms with Gasteiger partial charge in [0.1, 0.15) is 11.3 Å². The van der Waals surface area contributed by atoms with Crippen LogP contribution in [0.2, 0.25) is 0 Å². The van der Waals surface area contributed by atoms with Crippen LogP contribution in [0.5, 0.6) is 0 Å². The molecule has 0 amide bonds. The lowest BCUT2D eigenvalue weighted by Gasteiger charge is -2.12. The van der Waals surface area contributed by atoms with Gasteiger partial charge in [0.2, 0.25) is 0 Å². The number of ether oxygens (including phenoxy) is 2. The van der Waals surface area contributed by atoms with Gasteiger partial charge >= 0.3 is 5.97 Å². The largest absolute Gasteiger partial charge is 0.465 e. The molecule has 4 aromatic rings. The number of nitrogen functional groups attached to an aromatic ring is 1. The number of fused-ring (bicyclic) bond motifs is 3. The molecule has 7 nitrogen and oxygen atoms in total. The number of aryl methyl sites for hydroxylation is 1. The SMILES string of the molecule is CCCCc1nc2c(N)nc3cc(C(=O)OC)ccc3c2n1CCOCc1ccccc1. The molecule has 0 fully saturated rings. The Labute approximate surface area is 187 Å². The molecule has 32 heavy (non-hydrogen) atoms. The molecule has 4 rings (SSSR count). The lowest BCUT2D eigenvalue weighted by atomic mass is 10.1. The van der Waals surface area contributed by atoms with Crippen molar-refractivity contribution in [1.82, 2.24) is 14.5 Å². The van der Waals surface area contributed by atoms with E-state index in [0.29, 0.717) is 42.2 Å². The zero-order valence-electron chi connectivity index (χ0n) is 18.5. The Morgan fingerprint density at radius 3 is 2.69 bits per heavy atom. The topological polar surface area (TPSA) is 92.3 Å². The fourth-order valence-electron chi connectivity index (χ4n) is 3.89. The van der Waals surface area contributed by atoms with Crippen molar-refractivity contribution in [1.29, 1.82) is 0 Å². The molecule has 0 aliphatic carbocycles. The number of methoxy groups -OCH3 is 1. The molecule has 2 aromatic heterocycles. The van der Waals surface area contributed by atoms with Crippen LogP contribution in [-0.2, 0) is 29.0 Å². The normalized spacial score (nSPS) is 11.3. The fourth-order valence-corrected chi connectivity index (χ4v) is 3.89. The maximum atomic E-state index is 12.0. The van der Waals surface area contributed by atoms with E-state index >= 15 is 0 Å². The van der Waals surface area contributed by atoms with Crippen LogP contribution < -0.4 is 5.73 Å². The molecule has 0 bridgehead atoms. The van der Waals surface area contributed by atoms with Gasteiger partial charge in [-0.05, 0) is 30.2 Å². The van der Waals surface area contributed by atoms with Crippen molar-refractivity contribution < 1.29 is 14.3 Å². The summed E-state index contributed by atoms with van der Waals surface area (Å²) in [6, 6.07) is 15.5. The van der Waals surface area contributed by atoms with Gasteiger partial charge in [0.15, 0.2) is 5.82 Å². The third kappa shape index (κ3) is 4.43. The van der Waals surface area contributed by atoms with Crippen molar-refractivity contribution in [2.24, 2.45) is 0 Å². The van der Waals surface area contributed by atoms with Crippen LogP contribution in [0.15, 0.2) is 48.5 Å². The fraction of sp³-hybridized carbons (Fsp3) is 0.320. The highest BCUT2D eigenvalue weighted by molar-refractivity contribution is 6.08. The maximum absolute atomic E-state index is 12.0. The van der Waals surface area contributed by atoms with Crippen LogP contribution >= 0.6 is 0 Å². The first-order valence-electron chi connectivity index (χ1n) is 10.9. The van der Waals surface area contributed by atoms with Gasteiger partial charge < -0.3 is 19.8 Å². The summed E-state index contributed by atoms with van der Waals surface area (Å²) in [7, 11) is 1.36. The standard InChI is InChI=1S/C25H28N4O3/c1-3-4-10-21-28-22-23(29(21)13-14-32-16-17-8-6-5-7-9-17)19-12-11-18(25(30)31-2)15-20(19)27-24(22)26/h5-9,11-12,15H,3-4,10,13-14,16H2,1-2H3,(H2,26,27). The molecular weight excluding hydrogens is 404 g/mol. The van der Waals surface area contributed by atoms with E-state index in [2.05, 4.69) is 28.6 Å². The predicted molar refractivity (Wildman–Crippen MR) is 125 cm³/mol. The molecule has 0 unspecified atom stereocenters. The second-order valence-corrected chi connectivity index (χ2v) is 7.74. The highest BCUT2D eigenvalue weighted by Gasteiger charge is 2.18. The van der Waals surface area contributed by atoms with Crippen LogP contribution in [0.1, 0.15) is 41.5 Å². The average molecular weight is 433 g/mol. The summed E-state index contributed by atoms with van der Waals surface area (Å²) in [6.45, 7) is 3.92. The first-order valence-corrected chi connectivity index (χ1v) is 10.9. The number of nitrogens with zero attached hydrogens (tertiary/aromatic N) is 3. The number of carbonyl (C=O) groups is 1. The maximum Gasteiger partial charge on any atom is 0.337 e. The Balaban J connectivity index is 1.71. The highest BCUT2D eigenvalue weighted by Crippen LogP contribution is 2.30. The Hall–Kier alpha value is -3.45. The summed E-state index contributed by atoms with van der Waals surface area (Å²) in [5, 5.41) is 0.903. The van der Waals surface area contributed by atoms with E-state index in [0.717, 1.165) is 41.6 Å². The first kappa shape index (κ1) is 21.8. The Kier molecular flexibility index (Phi) is 6.66. The number of aromatic nitrogens is 3. The van der Waals surface area contributed by atoms with E-state index in [1.165, 1.54) is 7.11 Å². The van der Waals surface area contributed by atoms with Crippen molar-refractivity contribution in [3.63, 3.8) is 0 Å². The van der Waals surface area contributed by atoms with Gasteiger partial charge in [0, 0.05) is 18.4 Å². The molecule has 0 saturated carbocycles. The third-order valence-corrected chi connectivity index (χ3v) is 5.53. The number of unbranched alkanes of at least 4 members (excludes halogenated alkanes) is 1. The minimum atomic E-state index is -0.404. The van der Waals surface area contributed by atoms with Gasteiger partial charge in [0.05, 0.1) is 36.9 Å². The number of carbonyl (C=O) groups excluding carboxylic acids is 1. The lowest BCUT2D eigenvalue weighted by Crippen LogP contribution is -2.10. The number of nitrogens with two attached hydrogens (primary N) is 1.